The van der Waals surface area contributed by atoms with Crippen molar-refractivity contribution < 1.29 is 4.74 Å². The fraction of sp³-hybridized carbons (Fsp3) is 1.00. The molecule has 0 aliphatic heterocycles. The lowest BCUT2D eigenvalue weighted by Gasteiger charge is -2.17. The Morgan fingerprint density at radius 2 is 1.27 bits per heavy atom. The zero-order valence-corrected chi connectivity index (χ0v) is 8.39. The maximum atomic E-state index is 5.73. The molecule has 0 aromatic heterocycles. The minimum atomic E-state index is 0.446. The summed E-state index contributed by atoms with van der Waals surface area (Å²) in [6, 6.07) is 0. The third-order valence-electron chi connectivity index (χ3n) is 1.86. The summed E-state index contributed by atoms with van der Waals surface area (Å²) in [5, 5.41) is 0. The average Bonchev–Trinajstić information content (AvgIpc) is 1.87. The van der Waals surface area contributed by atoms with Crippen molar-refractivity contribution in [3.05, 3.63) is 0 Å². The molecule has 1 nitrogen and oxygen atoms in total. The van der Waals surface area contributed by atoms with Crippen LogP contribution >= 0.6 is 0 Å². The van der Waals surface area contributed by atoms with E-state index >= 15 is 0 Å². The highest BCUT2D eigenvalue weighted by molar-refractivity contribution is 4.54. The van der Waals surface area contributed by atoms with E-state index in [0.717, 1.165) is 0 Å². The van der Waals surface area contributed by atoms with Crippen LogP contribution in [0.1, 0.15) is 53.4 Å². The van der Waals surface area contributed by atoms with Gasteiger partial charge in [0, 0.05) is 0 Å². The highest BCUT2D eigenvalue weighted by Gasteiger charge is 2.05. The normalized spacial score (nSPS) is 16.4. The first-order chi connectivity index (χ1) is 5.20. The van der Waals surface area contributed by atoms with Gasteiger partial charge in [-0.3, -0.25) is 0 Å². The molecule has 0 aliphatic rings. The SMILES string of the molecule is CCCC(C)OC(C)CCC. The van der Waals surface area contributed by atoms with Gasteiger partial charge in [-0.05, 0) is 26.7 Å². The second-order valence-electron chi connectivity index (χ2n) is 3.33. The van der Waals surface area contributed by atoms with Gasteiger partial charge in [-0.2, -0.15) is 0 Å². The predicted molar refractivity (Wildman–Crippen MR) is 49.8 cm³/mol. The molecular formula is C10H22O. The van der Waals surface area contributed by atoms with E-state index in [4.69, 9.17) is 4.74 Å². The van der Waals surface area contributed by atoms with Crippen LogP contribution in [0.2, 0.25) is 0 Å². The van der Waals surface area contributed by atoms with Crippen molar-refractivity contribution in [1.29, 1.82) is 0 Å². The van der Waals surface area contributed by atoms with E-state index < -0.39 is 0 Å². The Kier molecular flexibility index (Phi) is 6.63. The molecule has 0 bridgehead atoms. The first-order valence-electron chi connectivity index (χ1n) is 4.86. The van der Waals surface area contributed by atoms with Crippen LogP contribution in [-0.2, 0) is 4.74 Å². The molecule has 0 aliphatic carbocycles. The van der Waals surface area contributed by atoms with Gasteiger partial charge < -0.3 is 4.74 Å². The van der Waals surface area contributed by atoms with Crippen LogP contribution in [0.4, 0.5) is 0 Å². The molecule has 0 spiro atoms. The number of hydrogen-bond acceptors (Lipinski definition) is 1. The van der Waals surface area contributed by atoms with E-state index in [1.54, 1.807) is 0 Å². The highest BCUT2D eigenvalue weighted by atomic mass is 16.5. The Bertz CT molecular complexity index is 70.9. The van der Waals surface area contributed by atoms with Crippen LogP contribution in [0.15, 0.2) is 0 Å². The number of ether oxygens (including phenoxy) is 1. The van der Waals surface area contributed by atoms with Crippen LogP contribution in [0.25, 0.3) is 0 Å². The summed E-state index contributed by atoms with van der Waals surface area (Å²) in [7, 11) is 0. The maximum absolute atomic E-state index is 5.73. The van der Waals surface area contributed by atoms with Gasteiger partial charge in [0.15, 0.2) is 0 Å². The standard InChI is InChI=1S/C10H22O/c1-5-7-9(3)11-10(4)8-6-2/h9-10H,5-8H2,1-4H3. The zero-order valence-electron chi connectivity index (χ0n) is 8.39. The van der Waals surface area contributed by atoms with E-state index in [0.29, 0.717) is 12.2 Å². The molecule has 0 aromatic rings. The van der Waals surface area contributed by atoms with E-state index in [-0.39, 0.29) is 0 Å². The summed E-state index contributed by atoms with van der Waals surface area (Å²) in [5.41, 5.74) is 0. The molecule has 0 fully saturated rings. The number of rotatable bonds is 6. The van der Waals surface area contributed by atoms with E-state index in [9.17, 15) is 0 Å². The summed E-state index contributed by atoms with van der Waals surface area (Å²) in [4.78, 5) is 0. The van der Waals surface area contributed by atoms with Crippen molar-refractivity contribution in [2.24, 2.45) is 0 Å². The van der Waals surface area contributed by atoms with Crippen molar-refractivity contribution >= 4 is 0 Å². The highest BCUT2D eigenvalue weighted by Crippen LogP contribution is 2.08. The van der Waals surface area contributed by atoms with Crippen LogP contribution in [0.5, 0.6) is 0 Å². The fourth-order valence-electron chi connectivity index (χ4n) is 1.35. The van der Waals surface area contributed by atoms with Crippen LogP contribution in [-0.4, -0.2) is 12.2 Å². The first kappa shape index (κ1) is 11.0. The summed E-state index contributed by atoms with van der Waals surface area (Å²) in [5.74, 6) is 0. The van der Waals surface area contributed by atoms with Crippen LogP contribution < -0.4 is 0 Å². The Morgan fingerprint density at radius 1 is 0.909 bits per heavy atom. The Morgan fingerprint density at radius 3 is 1.55 bits per heavy atom. The molecule has 0 N–H and O–H groups in total. The Labute approximate surface area is 71.1 Å². The molecule has 68 valence electrons. The van der Waals surface area contributed by atoms with E-state index in [2.05, 4.69) is 27.7 Å². The molecule has 11 heavy (non-hydrogen) atoms. The minimum absolute atomic E-state index is 0.446. The lowest BCUT2D eigenvalue weighted by atomic mass is 10.2. The molecule has 0 amide bonds. The maximum Gasteiger partial charge on any atom is 0.0550 e. The van der Waals surface area contributed by atoms with Gasteiger partial charge >= 0.3 is 0 Å². The minimum Gasteiger partial charge on any atom is -0.376 e. The molecule has 0 radical (unpaired) electrons. The Hall–Kier alpha value is -0.0400. The number of hydrogen-bond donors (Lipinski definition) is 0. The largest absolute Gasteiger partial charge is 0.376 e. The molecule has 1 heteroatoms. The fourth-order valence-corrected chi connectivity index (χ4v) is 1.35. The zero-order chi connectivity index (χ0) is 8.69. The summed E-state index contributed by atoms with van der Waals surface area (Å²) in [6.45, 7) is 8.72. The second kappa shape index (κ2) is 6.66. The van der Waals surface area contributed by atoms with Crippen molar-refractivity contribution in [3.63, 3.8) is 0 Å². The molecule has 0 heterocycles. The third kappa shape index (κ3) is 6.36. The molecule has 0 aromatic carbocycles. The molecule has 0 saturated heterocycles. The van der Waals surface area contributed by atoms with Crippen LogP contribution in [0, 0.1) is 0 Å². The molecule has 0 saturated carbocycles. The van der Waals surface area contributed by atoms with Gasteiger partial charge in [-0.15, -0.1) is 0 Å². The molecular weight excluding hydrogens is 136 g/mol. The second-order valence-corrected chi connectivity index (χ2v) is 3.33. The van der Waals surface area contributed by atoms with Gasteiger partial charge in [0.2, 0.25) is 0 Å². The van der Waals surface area contributed by atoms with Crippen molar-refractivity contribution in [2.45, 2.75) is 65.6 Å². The van der Waals surface area contributed by atoms with Crippen molar-refractivity contribution in [1.82, 2.24) is 0 Å². The van der Waals surface area contributed by atoms with E-state index in [1.807, 2.05) is 0 Å². The van der Waals surface area contributed by atoms with Gasteiger partial charge in [0.1, 0.15) is 0 Å². The lowest BCUT2D eigenvalue weighted by molar-refractivity contribution is -0.000490. The third-order valence-corrected chi connectivity index (χ3v) is 1.86. The van der Waals surface area contributed by atoms with Crippen molar-refractivity contribution in [2.75, 3.05) is 0 Å². The van der Waals surface area contributed by atoms with Gasteiger partial charge in [0.05, 0.1) is 12.2 Å². The predicted octanol–water partition coefficient (Wildman–Crippen LogP) is 3.38. The molecule has 2 unspecified atom stereocenters. The summed E-state index contributed by atoms with van der Waals surface area (Å²) < 4.78 is 5.73. The Balaban J connectivity index is 3.32. The molecule has 0 rings (SSSR count). The summed E-state index contributed by atoms with van der Waals surface area (Å²) >= 11 is 0. The lowest BCUT2D eigenvalue weighted by Crippen LogP contribution is -2.16. The summed E-state index contributed by atoms with van der Waals surface area (Å²) in [6.07, 6.45) is 5.71. The van der Waals surface area contributed by atoms with E-state index in [1.165, 1.54) is 25.7 Å². The topological polar surface area (TPSA) is 9.23 Å². The van der Waals surface area contributed by atoms with Gasteiger partial charge in [0.25, 0.3) is 0 Å². The van der Waals surface area contributed by atoms with Crippen LogP contribution in [0.3, 0.4) is 0 Å². The van der Waals surface area contributed by atoms with Gasteiger partial charge in [-0.1, -0.05) is 26.7 Å². The molecule has 2 atom stereocenters. The average molecular weight is 158 g/mol. The van der Waals surface area contributed by atoms with Gasteiger partial charge in [-0.25, -0.2) is 0 Å². The first-order valence-corrected chi connectivity index (χ1v) is 4.86. The van der Waals surface area contributed by atoms with Crippen molar-refractivity contribution in [3.8, 4) is 0 Å². The quantitative estimate of drug-likeness (QED) is 0.576. The smallest absolute Gasteiger partial charge is 0.0550 e. The monoisotopic (exact) mass is 158 g/mol.